The zero-order chi connectivity index (χ0) is 16.9. The first kappa shape index (κ1) is 23.4. The summed E-state index contributed by atoms with van der Waals surface area (Å²) in [6.45, 7) is 7.87. The Morgan fingerprint density at radius 3 is 2.46 bits per heavy atom. The predicted octanol–water partition coefficient (Wildman–Crippen LogP) is 1.97. The molecule has 0 aromatic carbocycles. The summed E-state index contributed by atoms with van der Waals surface area (Å²) < 4.78 is 0. The summed E-state index contributed by atoms with van der Waals surface area (Å²) in [6.07, 6.45) is 6.42. The molecule has 1 saturated heterocycles. The van der Waals surface area contributed by atoms with Crippen LogP contribution in [0.25, 0.3) is 0 Å². The Morgan fingerprint density at radius 1 is 1.17 bits per heavy atom. The number of hydrogen-bond donors (Lipinski definition) is 3. The molecule has 0 spiro atoms. The third-order valence-electron chi connectivity index (χ3n) is 4.22. The number of nitrogens with one attached hydrogen (secondary N) is 2. The average Bonchev–Trinajstić information content (AvgIpc) is 2.58. The number of likely N-dealkylation sites (tertiary alicyclic amines) is 1. The lowest BCUT2D eigenvalue weighted by Crippen LogP contribution is -2.42. The van der Waals surface area contributed by atoms with Gasteiger partial charge in [0.05, 0.1) is 0 Å². The lowest BCUT2D eigenvalue weighted by molar-refractivity contribution is -0.130. The van der Waals surface area contributed by atoms with Gasteiger partial charge in [-0.2, -0.15) is 0 Å². The molecule has 1 aliphatic rings. The molecule has 0 aromatic rings. The van der Waals surface area contributed by atoms with E-state index in [-0.39, 0.29) is 43.0 Å². The van der Waals surface area contributed by atoms with Crippen LogP contribution in [-0.4, -0.2) is 61.2 Å². The second-order valence-electron chi connectivity index (χ2n) is 6.18. The van der Waals surface area contributed by atoms with Crippen molar-refractivity contribution in [3.8, 4) is 0 Å². The Morgan fingerprint density at radius 2 is 1.88 bits per heavy atom. The van der Waals surface area contributed by atoms with Crippen LogP contribution in [0.5, 0.6) is 0 Å². The van der Waals surface area contributed by atoms with Gasteiger partial charge in [0.25, 0.3) is 0 Å². The predicted molar refractivity (Wildman–Crippen MR) is 110 cm³/mol. The van der Waals surface area contributed by atoms with Gasteiger partial charge in [-0.3, -0.25) is 4.79 Å². The zero-order valence-electron chi connectivity index (χ0n) is 15.2. The van der Waals surface area contributed by atoms with Crippen LogP contribution in [0.2, 0.25) is 0 Å². The number of carbonyl (C=O) groups is 1. The molecule has 3 N–H and O–H groups in total. The maximum absolute atomic E-state index is 12.2. The van der Waals surface area contributed by atoms with E-state index in [1.54, 1.807) is 0 Å². The number of guanidine groups is 1. The number of carbonyl (C=O) groups excluding carboxylic acids is 1. The van der Waals surface area contributed by atoms with Crippen molar-refractivity contribution in [1.29, 1.82) is 0 Å². The number of amides is 1. The normalized spacial score (nSPS) is 16.3. The molecule has 6 nitrogen and oxygen atoms in total. The molecule has 0 radical (unpaired) electrons. The van der Waals surface area contributed by atoms with E-state index >= 15 is 0 Å². The summed E-state index contributed by atoms with van der Waals surface area (Å²) in [5.74, 6) is 1.24. The molecular weight excluding hydrogens is 419 g/mol. The van der Waals surface area contributed by atoms with E-state index < -0.39 is 0 Å². The van der Waals surface area contributed by atoms with Crippen LogP contribution in [0, 0.1) is 5.92 Å². The van der Waals surface area contributed by atoms with Crippen LogP contribution >= 0.6 is 24.0 Å². The number of piperidine rings is 1. The lowest BCUT2D eigenvalue weighted by Gasteiger charge is -2.26. The molecule has 1 heterocycles. The van der Waals surface area contributed by atoms with Crippen LogP contribution in [0.4, 0.5) is 0 Å². The van der Waals surface area contributed by atoms with Gasteiger partial charge in [-0.15, -0.1) is 24.0 Å². The maximum Gasteiger partial charge on any atom is 0.244 e. The molecule has 7 heteroatoms. The van der Waals surface area contributed by atoms with E-state index in [0.29, 0.717) is 11.9 Å². The Hall–Kier alpha value is -0.570. The molecule has 1 aliphatic heterocycles. The van der Waals surface area contributed by atoms with Gasteiger partial charge in [-0.1, -0.05) is 13.3 Å². The topological polar surface area (TPSA) is 77.0 Å². The van der Waals surface area contributed by atoms with Crippen molar-refractivity contribution in [2.75, 3.05) is 39.3 Å². The van der Waals surface area contributed by atoms with Crippen molar-refractivity contribution in [2.24, 2.45) is 10.9 Å². The second kappa shape index (κ2) is 14.7. The van der Waals surface area contributed by atoms with Crippen LogP contribution in [0.15, 0.2) is 4.99 Å². The highest BCUT2D eigenvalue weighted by Crippen LogP contribution is 2.10. The molecule has 0 aliphatic carbocycles. The monoisotopic (exact) mass is 454 g/mol. The van der Waals surface area contributed by atoms with Crippen molar-refractivity contribution >= 4 is 35.8 Å². The third kappa shape index (κ3) is 9.66. The van der Waals surface area contributed by atoms with E-state index in [1.807, 2.05) is 11.8 Å². The average molecular weight is 454 g/mol. The van der Waals surface area contributed by atoms with Crippen LogP contribution in [-0.2, 0) is 4.79 Å². The van der Waals surface area contributed by atoms with Crippen LogP contribution in [0.3, 0.4) is 0 Å². The van der Waals surface area contributed by atoms with E-state index in [4.69, 9.17) is 5.11 Å². The molecule has 0 saturated carbocycles. The fraction of sp³-hybridized carbons (Fsp3) is 0.882. The molecule has 1 amide bonds. The standard InChI is InChI=1S/C17H34N4O2.HI/c1-3-8-15(9-12-22)13-19-17(18-4-2)20-14-16(23)21-10-6-5-7-11-21;/h15,22H,3-14H2,1-2H3,(H2,18,19,20);1H. The fourth-order valence-electron chi connectivity index (χ4n) is 2.91. The quantitative estimate of drug-likeness (QED) is 0.283. The summed E-state index contributed by atoms with van der Waals surface area (Å²) in [5, 5.41) is 15.6. The van der Waals surface area contributed by atoms with Gasteiger partial charge >= 0.3 is 0 Å². The van der Waals surface area contributed by atoms with Crippen molar-refractivity contribution in [3.05, 3.63) is 0 Å². The minimum Gasteiger partial charge on any atom is -0.396 e. The Balaban J connectivity index is 0.00000529. The van der Waals surface area contributed by atoms with E-state index in [2.05, 4.69) is 22.5 Å². The number of halogens is 1. The number of nitrogens with zero attached hydrogens (tertiary/aromatic N) is 2. The molecule has 1 atom stereocenters. The number of hydrogen-bond acceptors (Lipinski definition) is 3. The van der Waals surface area contributed by atoms with Gasteiger partial charge in [-0.25, -0.2) is 4.99 Å². The molecule has 1 fully saturated rings. The highest BCUT2D eigenvalue weighted by Gasteiger charge is 2.16. The minimum absolute atomic E-state index is 0. The third-order valence-corrected chi connectivity index (χ3v) is 4.22. The summed E-state index contributed by atoms with van der Waals surface area (Å²) in [5.41, 5.74) is 0. The minimum atomic E-state index is 0. The van der Waals surface area contributed by atoms with Gasteiger partial charge in [0.15, 0.2) is 5.96 Å². The second-order valence-corrected chi connectivity index (χ2v) is 6.18. The summed E-state index contributed by atoms with van der Waals surface area (Å²) in [4.78, 5) is 18.5. The molecule has 1 unspecified atom stereocenters. The van der Waals surface area contributed by atoms with E-state index in [9.17, 15) is 4.79 Å². The smallest absolute Gasteiger partial charge is 0.244 e. The van der Waals surface area contributed by atoms with Crippen molar-refractivity contribution in [1.82, 2.24) is 15.5 Å². The van der Waals surface area contributed by atoms with Gasteiger partial charge in [0.2, 0.25) is 5.91 Å². The Labute approximate surface area is 163 Å². The number of aliphatic imine (C=N–C) groups is 1. The van der Waals surface area contributed by atoms with Gasteiger partial charge in [0, 0.05) is 32.8 Å². The number of aliphatic hydroxyl groups is 1. The molecule has 24 heavy (non-hydrogen) atoms. The van der Waals surface area contributed by atoms with Gasteiger partial charge < -0.3 is 20.6 Å². The van der Waals surface area contributed by atoms with E-state index in [1.165, 1.54) is 6.42 Å². The Bertz CT molecular complexity index is 354. The maximum atomic E-state index is 12.2. The molecular formula is C17H35IN4O2. The molecule has 1 rings (SSSR count). The largest absolute Gasteiger partial charge is 0.396 e. The first-order valence-electron chi connectivity index (χ1n) is 9.12. The SMILES string of the molecule is CCCC(CCO)CNC(=NCC(=O)N1CCCCC1)NCC.I. The fourth-order valence-corrected chi connectivity index (χ4v) is 2.91. The Kier molecular flexibility index (Phi) is 14.4. The van der Waals surface area contributed by atoms with Crippen molar-refractivity contribution in [2.45, 2.75) is 52.4 Å². The molecule has 0 aromatic heterocycles. The summed E-state index contributed by atoms with van der Waals surface area (Å²) >= 11 is 0. The van der Waals surface area contributed by atoms with Gasteiger partial charge in [-0.05, 0) is 44.9 Å². The highest BCUT2D eigenvalue weighted by molar-refractivity contribution is 14.0. The van der Waals surface area contributed by atoms with Crippen LogP contribution in [0.1, 0.15) is 52.4 Å². The van der Waals surface area contributed by atoms with Crippen molar-refractivity contribution in [3.63, 3.8) is 0 Å². The highest BCUT2D eigenvalue weighted by atomic mass is 127. The molecule has 0 bridgehead atoms. The number of rotatable bonds is 9. The first-order valence-corrected chi connectivity index (χ1v) is 9.12. The van der Waals surface area contributed by atoms with E-state index in [0.717, 1.165) is 58.3 Å². The van der Waals surface area contributed by atoms with Gasteiger partial charge in [0.1, 0.15) is 6.54 Å². The number of aliphatic hydroxyl groups excluding tert-OH is 1. The first-order chi connectivity index (χ1) is 11.2. The summed E-state index contributed by atoms with van der Waals surface area (Å²) in [7, 11) is 0. The van der Waals surface area contributed by atoms with Crippen molar-refractivity contribution < 1.29 is 9.90 Å². The van der Waals surface area contributed by atoms with Crippen LogP contribution < -0.4 is 10.6 Å². The summed E-state index contributed by atoms with van der Waals surface area (Å²) in [6, 6.07) is 0. The molecule has 142 valence electrons. The lowest BCUT2D eigenvalue weighted by atomic mass is 10.0. The zero-order valence-corrected chi connectivity index (χ0v) is 17.6.